The summed E-state index contributed by atoms with van der Waals surface area (Å²) in [5.74, 6) is 0.282. The normalized spacial score (nSPS) is 22.5. The first-order valence-corrected chi connectivity index (χ1v) is 7.97. The van der Waals surface area contributed by atoms with Gasteiger partial charge in [0.1, 0.15) is 0 Å². The van der Waals surface area contributed by atoms with Gasteiger partial charge in [-0.1, -0.05) is 13.0 Å². The highest BCUT2D eigenvalue weighted by molar-refractivity contribution is 7.09. The number of carbonyl (C=O) groups excluding carboxylic acids is 1. The molecule has 1 amide bonds. The number of aliphatic hydroxyl groups excluding tert-OH is 1. The quantitative estimate of drug-likeness (QED) is 0.901. The standard InChI is InChI=1S/C15H23NO2S/c1-11(9-14-6-4-8-19-14)15(18)16-7-3-5-13(16)10-12(2)17/h4,6,8,11-13,17H,3,5,7,9-10H2,1-2H3. The van der Waals surface area contributed by atoms with Crippen LogP contribution in [0, 0.1) is 5.92 Å². The van der Waals surface area contributed by atoms with Crippen molar-refractivity contribution in [2.24, 2.45) is 5.92 Å². The van der Waals surface area contributed by atoms with E-state index in [0.717, 1.165) is 25.8 Å². The van der Waals surface area contributed by atoms with E-state index in [0.29, 0.717) is 6.42 Å². The Morgan fingerprint density at radius 1 is 1.58 bits per heavy atom. The molecule has 1 saturated heterocycles. The SMILES string of the molecule is CC(O)CC1CCCN1C(=O)C(C)Cc1cccs1. The van der Waals surface area contributed by atoms with E-state index in [4.69, 9.17) is 0 Å². The summed E-state index contributed by atoms with van der Waals surface area (Å²) in [6.45, 7) is 4.67. The second kappa shape index (κ2) is 6.53. The van der Waals surface area contributed by atoms with Gasteiger partial charge in [-0.25, -0.2) is 0 Å². The number of carbonyl (C=O) groups is 1. The van der Waals surface area contributed by atoms with Crippen molar-refractivity contribution >= 4 is 17.2 Å². The van der Waals surface area contributed by atoms with Crippen LogP contribution in [0.15, 0.2) is 17.5 Å². The van der Waals surface area contributed by atoms with Gasteiger partial charge in [0.15, 0.2) is 0 Å². The zero-order valence-electron chi connectivity index (χ0n) is 11.7. The summed E-state index contributed by atoms with van der Waals surface area (Å²) in [5, 5.41) is 11.6. The number of likely N-dealkylation sites (tertiary alicyclic amines) is 1. The third-order valence-corrected chi connectivity index (χ3v) is 4.68. The van der Waals surface area contributed by atoms with Crippen LogP contribution in [0.3, 0.4) is 0 Å². The van der Waals surface area contributed by atoms with Crippen molar-refractivity contribution in [3.8, 4) is 0 Å². The van der Waals surface area contributed by atoms with Gasteiger partial charge < -0.3 is 10.0 Å². The van der Waals surface area contributed by atoms with Gasteiger partial charge in [-0.15, -0.1) is 11.3 Å². The van der Waals surface area contributed by atoms with Gasteiger partial charge in [0.05, 0.1) is 6.10 Å². The number of hydrogen-bond donors (Lipinski definition) is 1. The van der Waals surface area contributed by atoms with E-state index in [1.807, 2.05) is 17.9 Å². The third-order valence-electron chi connectivity index (χ3n) is 3.78. The zero-order valence-corrected chi connectivity index (χ0v) is 12.5. The van der Waals surface area contributed by atoms with Crippen LogP contribution in [-0.4, -0.2) is 34.6 Å². The molecule has 2 rings (SSSR count). The van der Waals surface area contributed by atoms with Crippen LogP contribution in [0.5, 0.6) is 0 Å². The van der Waals surface area contributed by atoms with Gasteiger partial charge >= 0.3 is 0 Å². The Balaban J connectivity index is 1.94. The molecule has 0 aliphatic carbocycles. The van der Waals surface area contributed by atoms with E-state index in [1.165, 1.54) is 4.88 Å². The van der Waals surface area contributed by atoms with Crippen molar-refractivity contribution < 1.29 is 9.90 Å². The molecule has 1 aromatic heterocycles. The van der Waals surface area contributed by atoms with Crippen molar-refractivity contribution in [1.82, 2.24) is 4.90 Å². The van der Waals surface area contributed by atoms with Gasteiger partial charge in [0, 0.05) is 23.4 Å². The second-order valence-corrected chi connectivity index (χ2v) is 6.63. The highest BCUT2D eigenvalue weighted by Gasteiger charge is 2.31. The van der Waals surface area contributed by atoms with Crippen molar-refractivity contribution in [2.45, 2.75) is 51.7 Å². The first-order chi connectivity index (χ1) is 9.08. The molecule has 0 radical (unpaired) electrons. The molecule has 19 heavy (non-hydrogen) atoms. The second-order valence-electron chi connectivity index (χ2n) is 5.60. The van der Waals surface area contributed by atoms with Crippen LogP contribution in [0.25, 0.3) is 0 Å². The van der Waals surface area contributed by atoms with Gasteiger partial charge in [-0.3, -0.25) is 4.79 Å². The first kappa shape index (κ1) is 14.5. The summed E-state index contributed by atoms with van der Waals surface area (Å²) >= 11 is 1.71. The third kappa shape index (κ3) is 3.80. The molecule has 3 atom stereocenters. The predicted octanol–water partition coefficient (Wildman–Crippen LogP) is 2.69. The molecule has 1 N–H and O–H groups in total. The minimum absolute atomic E-state index is 0.0354. The molecule has 2 heterocycles. The highest BCUT2D eigenvalue weighted by Crippen LogP contribution is 2.25. The fraction of sp³-hybridized carbons (Fsp3) is 0.667. The maximum absolute atomic E-state index is 12.5. The molecule has 0 saturated carbocycles. The number of amides is 1. The Hall–Kier alpha value is -0.870. The number of aliphatic hydroxyl groups is 1. The van der Waals surface area contributed by atoms with Crippen molar-refractivity contribution in [1.29, 1.82) is 0 Å². The Labute approximate surface area is 119 Å². The lowest BCUT2D eigenvalue weighted by Gasteiger charge is -2.28. The van der Waals surface area contributed by atoms with E-state index in [2.05, 4.69) is 11.4 Å². The lowest BCUT2D eigenvalue weighted by atomic mass is 10.0. The molecule has 3 unspecified atom stereocenters. The van der Waals surface area contributed by atoms with Crippen LogP contribution in [0.1, 0.15) is 38.0 Å². The lowest BCUT2D eigenvalue weighted by Crippen LogP contribution is -2.40. The molecule has 4 heteroatoms. The van der Waals surface area contributed by atoms with E-state index < -0.39 is 0 Å². The minimum atomic E-state index is -0.328. The molecule has 1 aliphatic heterocycles. The molecule has 0 spiro atoms. The monoisotopic (exact) mass is 281 g/mol. The summed E-state index contributed by atoms with van der Waals surface area (Å²) in [7, 11) is 0. The Kier molecular flexibility index (Phi) is 4.99. The van der Waals surface area contributed by atoms with Gasteiger partial charge in [0.2, 0.25) is 5.91 Å². The largest absolute Gasteiger partial charge is 0.393 e. The number of rotatable bonds is 5. The highest BCUT2D eigenvalue weighted by atomic mass is 32.1. The summed E-state index contributed by atoms with van der Waals surface area (Å²) in [5.41, 5.74) is 0. The van der Waals surface area contributed by atoms with Gasteiger partial charge in [-0.2, -0.15) is 0 Å². The molecule has 0 bridgehead atoms. The van der Waals surface area contributed by atoms with Crippen molar-refractivity contribution in [3.05, 3.63) is 22.4 Å². The molecular weight excluding hydrogens is 258 g/mol. The average Bonchev–Trinajstić information content (AvgIpc) is 2.98. The van der Waals surface area contributed by atoms with Crippen LogP contribution >= 0.6 is 11.3 Å². The predicted molar refractivity (Wildman–Crippen MR) is 78.2 cm³/mol. The topological polar surface area (TPSA) is 40.5 Å². The number of nitrogens with zero attached hydrogens (tertiary/aromatic N) is 1. The molecule has 0 aromatic carbocycles. The summed E-state index contributed by atoms with van der Waals surface area (Å²) < 4.78 is 0. The van der Waals surface area contributed by atoms with E-state index in [9.17, 15) is 9.90 Å². The van der Waals surface area contributed by atoms with Crippen LogP contribution in [-0.2, 0) is 11.2 Å². The fourth-order valence-electron chi connectivity index (χ4n) is 2.87. The maximum Gasteiger partial charge on any atom is 0.226 e. The number of thiophene rings is 1. The van der Waals surface area contributed by atoms with Gasteiger partial charge in [-0.05, 0) is 44.1 Å². The Bertz CT molecular complexity index is 402. The Morgan fingerprint density at radius 2 is 2.37 bits per heavy atom. The summed E-state index contributed by atoms with van der Waals surface area (Å²) in [4.78, 5) is 15.8. The number of hydrogen-bond acceptors (Lipinski definition) is 3. The summed E-state index contributed by atoms with van der Waals surface area (Å²) in [6, 6.07) is 4.35. The van der Waals surface area contributed by atoms with Crippen LogP contribution < -0.4 is 0 Å². The molecule has 3 nitrogen and oxygen atoms in total. The average molecular weight is 281 g/mol. The zero-order chi connectivity index (χ0) is 13.8. The van der Waals surface area contributed by atoms with E-state index in [-0.39, 0.29) is 24.0 Å². The molecular formula is C15H23NO2S. The minimum Gasteiger partial charge on any atom is -0.393 e. The lowest BCUT2D eigenvalue weighted by molar-refractivity contribution is -0.136. The van der Waals surface area contributed by atoms with Crippen LogP contribution in [0.4, 0.5) is 0 Å². The van der Waals surface area contributed by atoms with Gasteiger partial charge in [0.25, 0.3) is 0 Å². The molecule has 106 valence electrons. The van der Waals surface area contributed by atoms with E-state index >= 15 is 0 Å². The van der Waals surface area contributed by atoms with E-state index in [1.54, 1.807) is 18.3 Å². The maximum atomic E-state index is 12.5. The first-order valence-electron chi connectivity index (χ1n) is 7.09. The summed E-state index contributed by atoms with van der Waals surface area (Å²) in [6.07, 6.45) is 3.30. The molecule has 1 fully saturated rings. The van der Waals surface area contributed by atoms with Crippen LogP contribution in [0.2, 0.25) is 0 Å². The smallest absolute Gasteiger partial charge is 0.226 e. The Morgan fingerprint density at radius 3 is 3.00 bits per heavy atom. The molecule has 1 aliphatic rings. The molecule has 1 aromatic rings. The fourth-order valence-corrected chi connectivity index (χ4v) is 3.70. The van der Waals surface area contributed by atoms with Crippen molar-refractivity contribution in [3.63, 3.8) is 0 Å². The van der Waals surface area contributed by atoms with Crippen molar-refractivity contribution in [2.75, 3.05) is 6.54 Å².